The highest BCUT2D eigenvalue weighted by Crippen LogP contribution is 2.21. The van der Waals surface area contributed by atoms with Crippen molar-refractivity contribution in [2.75, 3.05) is 25.9 Å². The number of alkyl halides is 1. The van der Waals surface area contributed by atoms with Crippen molar-refractivity contribution in [3.8, 4) is 5.75 Å². The minimum absolute atomic E-state index is 0.333. The van der Waals surface area contributed by atoms with E-state index in [4.69, 9.17) is 10.5 Å². The number of nitrogens with zero attached hydrogens (tertiary/aromatic N) is 1. The molecule has 1 aromatic rings. The molecule has 116 valence electrons. The van der Waals surface area contributed by atoms with Crippen molar-refractivity contribution in [2.45, 2.75) is 46.4 Å². The Labute approximate surface area is 122 Å². The molecule has 1 aromatic carbocycles. The third-order valence-corrected chi connectivity index (χ3v) is 2.85. The predicted molar refractivity (Wildman–Crippen MR) is 85.0 cm³/mol. The largest absolute Gasteiger partial charge is 0.487 e. The van der Waals surface area contributed by atoms with Gasteiger partial charge in [-0.15, -0.1) is 0 Å². The SMILES string of the molecule is CC.CC.CN1CCC(Oc2ccc(N)cc2)C(F)C1. The molecule has 0 aliphatic carbocycles. The lowest BCUT2D eigenvalue weighted by Gasteiger charge is -2.32. The highest BCUT2D eigenvalue weighted by molar-refractivity contribution is 5.41. The van der Waals surface area contributed by atoms with E-state index in [0.29, 0.717) is 18.0 Å². The second kappa shape index (κ2) is 10.5. The maximum atomic E-state index is 13.7. The average Bonchev–Trinajstić information content (AvgIpc) is 2.48. The molecule has 0 saturated carbocycles. The van der Waals surface area contributed by atoms with Crippen molar-refractivity contribution >= 4 is 5.69 Å². The number of ether oxygens (including phenoxy) is 1. The smallest absolute Gasteiger partial charge is 0.149 e. The van der Waals surface area contributed by atoms with Crippen molar-refractivity contribution in [1.82, 2.24) is 4.90 Å². The second-order valence-electron chi connectivity index (χ2n) is 4.29. The lowest BCUT2D eigenvalue weighted by atomic mass is 10.1. The molecule has 2 rings (SSSR count). The normalized spacial score (nSPS) is 21.9. The van der Waals surface area contributed by atoms with Crippen LogP contribution >= 0.6 is 0 Å². The summed E-state index contributed by atoms with van der Waals surface area (Å²) in [4.78, 5) is 1.98. The average molecular weight is 284 g/mol. The highest BCUT2D eigenvalue weighted by Gasteiger charge is 2.28. The second-order valence-corrected chi connectivity index (χ2v) is 4.29. The summed E-state index contributed by atoms with van der Waals surface area (Å²) in [6.45, 7) is 9.32. The predicted octanol–water partition coefficient (Wildman–Crippen LogP) is 3.74. The van der Waals surface area contributed by atoms with E-state index in [0.717, 1.165) is 13.0 Å². The molecular formula is C16H29FN2O. The Kier molecular flexibility index (Phi) is 9.82. The Hall–Kier alpha value is -1.29. The molecule has 2 atom stereocenters. The Bertz CT molecular complexity index is 343. The van der Waals surface area contributed by atoms with E-state index in [1.807, 2.05) is 39.6 Å². The van der Waals surface area contributed by atoms with Crippen LogP contribution in [0, 0.1) is 0 Å². The molecule has 0 aromatic heterocycles. The molecule has 0 spiro atoms. The quantitative estimate of drug-likeness (QED) is 0.841. The Morgan fingerprint density at radius 2 is 1.70 bits per heavy atom. The first-order valence-electron chi connectivity index (χ1n) is 7.50. The highest BCUT2D eigenvalue weighted by atomic mass is 19.1. The van der Waals surface area contributed by atoms with E-state index >= 15 is 0 Å². The Morgan fingerprint density at radius 1 is 1.15 bits per heavy atom. The number of benzene rings is 1. The van der Waals surface area contributed by atoms with Crippen LogP contribution in [0.2, 0.25) is 0 Å². The van der Waals surface area contributed by atoms with Crippen LogP contribution in [0.5, 0.6) is 5.75 Å². The number of nitrogens with two attached hydrogens (primary N) is 1. The number of anilines is 1. The summed E-state index contributed by atoms with van der Waals surface area (Å²) in [6.07, 6.45) is -0.529. The van der Waals surface area contributed by atoms with Crippen molar-refractivity contribution in [3.05, 3.63) is 24.3 Å². The fraction of sp³-hybridized carbons (Fsp3) is 0.625. The molecule has 4 heteroatoms. The van der Waals surface area contributed by atoms with Crippen LogP contribution in [0.4, 0.5) is 10.1 Å². The Morgan fingerprint density at radius 3 is 2.20 bits per heavy atom. The fourth-order valence-corrected chi connectivity index (χ4v) is 1.89. The summed E-state index contributed by atoms with van der Waals surface area (Å²) in [5.74, 6) is 0.686. The van der Waals surface area contributed by atoms with E-state index in [2.05, 4.69) is 0 Å². The summed E-state index contributed by atoms with van der Waals surface area (Å²) in [7, 11) is 1.92. The van der Waals surface area contributed by atoms with E-state index < -0.39 is 6.17 Å². The van der Waals surface area contributed by atoms with E-state index in [1.54, 1.807) is 24.3 Å². The van der Waals surface area contributed by atoms with Gasteiger partial charge < -0.3 is 15.4 Å². The minimum atomic E-state index is -0.920. The first-order valence-corrected chi connectivity index (χ1v) is 7.50. The zero-order chi connectivity index (χ0) is 15.5. The van der Waals surface area contributed by atoms with Gasteiger partial charge in [0.2, 0.25) is 0 Å². The van der Waals surface area contributed by atoms with Gasteiger partial charge in [-0.1, -0.05) is 27.7 Å². The van der Waals surface area contributed by atoms with Gasteiger partial charge in [0.15, 0.2) is 0 Å². The third kappa shape index (κ3) is 6.24. The van der Waals surface area contributed by atoms with Crippen LogP contribution in [0.1, 0.15) is 34.1 Å². The van der Waals surface area contributed by atoms with Gasteiger partial charge in [0.05, 0.1) is 0 Å². The monoisotopic (exact) mass is 284 g/mol. The molecule has 2 N–H and O–H groups in total. The lowest BCUT2D eigenvalue weighted by molar-refractivity contribution is 0.0313. The van der Waals surface area contributed by atoms with Crippen molar-refractivity contribution in [1.29, 1.82) is 0 Å². The minimum Gasteiger partial charge on any atom is -0.487 e. The van der Waals surface area contributed by atoms with Crippen LogP contribution in [-0.4, -0.2) is 37.3 Å². The van der Waals surface area contributed by atoms with E-state index in [9.17, 15) is 4.39 Å². The van der Waals surface area contributed by atoms with Crippen molar-refractivity contribution < 1.29 is 9.13 Å². The number of hydrogen-bond donors (Lipinski definition) is 1. The number of likely N-dealkylation sites (tertiary alicyclic amines) is 1. The summed E-state index contributed by atoms with van der Waals surface area (Å²) < 4.78 is 19.3. The number of halogens is 1. The molecule has 0 bridgehead atoms. The van der Waals surface area contributed by atoms with Gasteiger partial charge in [-0.2, -0.15) is 0 Å². The zero-order valence-corrected chi connectivity index (χ0v) is 13.4. The van der Waals surface area contributed by atoms with Crippen LogP contribution in [0.25, 0.3) is 0 Å². The first-order chi connectivity index (χ1) is 9.65. The Balaban J connectivity index is 0.000000829. The van der Waals surface area contributed by atoms with Gasteiger partial charge in [-0.05, 0) is 37.7 Å². The third-order valence-electron chi connectivity index (χ3n) is 2.85. The van der Waals surface area contributed by atoms with Gasteiger partial charge >= 0.3 is 0 Å². The van der Waals surface area contributed by atoms with Gasteiger partial charge in [-0.3, -0.25) is 0 Å². The van der Waals surface area contributed by atoms with Crippen molar-refractivity contribution in [2.24, 2.45) is 0 Å². The van der Waals surface area contributed by atoms with E-state index in [-0.39, 0.29) is 6.10 Å². The molecule has 1 aliphatic heterocycles. The molecular weight excluding hydrogens is 255 g/mol. The van der Waals surface area contributed by atoms with Gasteiger partial charge in [0, 0.05) is 18.8 Å². The molecule has 1 aliphatic rings. The maximum Gasteiger partial charge on any atom is 0.149 e. The standard InChI is InChI=1S/C12H17FN2O.2C2H6/c1-15-7-6-12(11(13)8-15)16-10-4-2-9(14)3-5-10;2*1-2/h2-5,11-12H,6-8,14H2,1H3;2*1-2H3. The van der Waals surface area contributed by atoms with E-state index in [1.165, 1.54) is 0 Å². The first kappa shape index (κ1) is 18.7. The molecule has 1 heterocycles. The molecule has 1 saturated heterocycles. The van der Waals surface area contributed by atoms with Crippen LogP contribution in [0.15, 0.2) is 24.3 Å². The molecule has 1 fully saturated rings. The molecule has 2 unspecified atom stereocenters. The zero-order valence-electron chi connectivity index (χ0n) is 13.4. The fourth-order valence-electron chi connectivity index (χ4n) is 1.89. The summed E-state index contributed by atoms with van der Waals surface area (Å²) >= 11 is 0. The summed E-state index contributed by atoms with van der Waals surface area (Å²) in [6, 6.07) is 7.08. The van der Waals surface area contributed by atoms with Crippen molar-refractivity contribution in [3.63, 3.8) is 0 Å². The number of rotatable bonds is 2. The number of piperidine rings is 1. The number of nitrogen functional groups attached to an aromatic ring is 1. The molecule has 3 nitrogen and oxygen atoms in total. The van der Waals surface area contributed by atoms with Crippen LogP contribution in [-0.2, 0) is 0 Å². The summed E-state index contributed by atoms with van der Waals surface area (Å²) in [5, 5.41) is 0. The van der Waals surface area contributed by atoms with Crippen LogP contribution in [0.3, 0.4) is 0 Å². The number of hydrogen-bond acceptors (Lipinski definition) is 3. The van der Waals surface area contributed by atoms with Gasteiger partial charge in [0.25, 0.3) is 0 Å². The molecule has 0 radical (unpaired) electrons. The topological polar surface area (TPSA) is 38.5 Å². The summed E-state index contributed by atoms with van der Waals surface area (Å²) in [5.41, 5.74) is 6.26. The lowest BCUT2D eigenvalue weighted by Crippen LogP contribution is -2.45. The maximum absolute atomic E-state index is 13.7. The molecule has 0 amide bonds. The van der Waals surface area contributed by atoms with Crippen LogP contribution < -0.4 is 10.5 Å². The van der Waals surface area contributed by atoms with Gasteiger partial charge in [-0.25, -0.2) is 4.39 Å². The van der Waals surface area contributed by atoms with Gasteiger partial charge in [0.1, 0.15) is 18.0 Å². The molecule has 20 heavy (non-hydrogen) atoms.